The van der Waals surface area contributed by atoms with Gasteiger partial charge in [0.25, 0.3) is 0 Å². The molecule has 1 saturated heterocycles. The number of fused-ring (bicyclic) bond motifs is 1. The number of hydrogen-bond acceptors (Lipinski definition) is 4. The molecule has 0 aromatic heterocycles. The van der Waals surface area contributed by atoms with Crippen molar-refractivity contribution in [2.75, 3.05) is 14.2 Å². The molecule has 1 aliphatic carbocycles. The first-order valence-corrected chi connectivity index (χ1v) is 11.6. The van der Waals surface area contributed by atoms with Crippen molar-refractivity contribution in [3.05, 3.63) is 59.7 Å². The highest BCUT2D eigenvalue weighted by Crippen LogP contribution is 2.48. The van der Waals surface area contributed by atoms with Crippen LogP contribution in [0.5, 0.6) is 11.5 Å². The Morgan fingerprint density at radius 3 is 2.56 bits per heavy atom. The van der Waals surface area contributed by atoms with E-state index in [-0.39, 0.29) is 23.7 Å². The number of amides is 1. The molecule has 2 fully saturated rings. The molecule has 1 aliphatic heterocycles. The minimum absolute atomic E-state index is 0.0732. The minimum atomic E-state index is -0.327. The van der Waals surface area contributed by atoms with Crippen LogP contribution in [0, 0.1) is 11.8 Å². The Bertz CT molecular complexity index is 931. The topological polar surface area (TPSA) is 56.8 Å². The largest absolute Gasteiger partial charge is 0.493 e. The first-order chi connectivity index (χ1) is 15.4. The predicted octanol–water partition coefficient (Wildman–Crippen LogP) is 5.09. The SMILES string of the molecule is COc1ccc([C@H]2C[C@@](C)(NC(=O)Cc3ccccc3)[C@@H]3CC[C@@H](C)C[C@H]3O2)cc1OC. The summed E-state index contributed by atoms with van der Waals surface area (Å²) in [6.07, 6.45) is 4.43. The van der Waals surface area contributed by atoms with Crippen molar-refractivity contribution in [3.8, 4) is 11.5 Å². The zero-order valence-electron chi connectivity index (χ0n) is 19.6. The van der Waals surface area contributed by atoms with Crippen molar-refractivity contribution in [2.24, 2.45) is 11.8 Å². The normalized spacial score (nSPS) is 29.6. The Kier molecular flexibility index (Phi) is 6.75. The Balaban J connectivity index is 1.59. The van der Waals surface area contributed by atoms with Gasteiger partial charge in [-0.1, -0.05) is 49.7 Å². The van der Waals surface area contributed by atoms with Crippen LogP contribution < -0.4 is 14.8 Å². The van der Waals surface area contributed by atoms with E-state index in [0.717, 1.165) is 30.4 Å². The van der Waals surface area contributed by atoms with Crippen molar-refractivity contribution >= 4 is 5.91 Å². The number of ether oxygens (including phenoxy) is 3. The third-order valence-corrected chi connectivity index (χ3v) is 7.23. The molecule has 0 spiro atoms. The standard InChI is InChI=1S/C27H35NO4/c1-18-10-12-21-23(14-18)32-25(20-11-13-22(30-3)24(16-20)31-4)17-27(21,2)28-26(29)15-19-8-6-5-7-9-19/h5-9,11,13,16,18,21,23,25H,10,12,14-15,17H2,1-4H3,(H,28,29)/t18-,21-,23-,25-,27-/m1/s1. The fourth-order valence-electron chi connectivity index (χ4n) is 5.54. The van der Waals surface area contributed by atoms with Gasteiger partial charge in [-0.3, -0.25) is 4.79 Å². The lowest BCUT2D eigenvalue weighted by molar-refractivity contribution is -0.153. The molecule has 32 heavy (non-hydrogen) atoms. The monoisotopic (exact) mass is 437 g/mol. The lowest BCUT2D eigenvalue weighted by atomic mass is 9.66. The van der Waals surface area contributed by atoms with Gasteiger partial charge >= 0.3 is 0 Å². The number of rotatable bonds is 6. The maximum atomic E-state index is 13.1. The van der Waals surface area contributed by atoms with E-state index in [1.807, 2.05) is 48.5 Å². The molecule has 2 aromatic rings. The highest BCUT2D eigenvalue weighted by atomic mass is 16.5. The van der Waals surface area contributed by atoms with Crippen LogP contribution in [-0.2, 0) is 16.0 Å². The summed E-state index contributed by atoms with van der Waals surface area (Å²) in [6, 6.07) is 15.9. The quantitative estimate of drug-likeness (QED) is 0.684. The first kappa shape index (κ1) is 22.7. The number of hydrogen-bond donors (Lipinski definition) is 1. The molecule has 0 radical (unpaired) electrons. The third kappa shape index (κ3) is 4.78. The van der Waals surface area contributed by atoms with Gasteiger partial charge in [0.05, 0.1) is 32.8 Å². The number of nitrogens with one attached hydrogen (secondary N) is 1. The summed E-state index contributed by atoms with van der Waals surface area (Å²) in [5, 5.41) is 3.43. The summed E-state index contributed by atoms with van der Waals surface area (Å²) >= 11 is 0. The second-order valence-electron chi connectivity index (χ2n) is 9.63. The van der Waals surface area contributed by atoms with E-state index in [1.165, 1.54) is 6.42 Å². The van der Waals surface area contributed by atoms with Crippen molar-refractivity contribution in [1.29, 1.82) is 0 Å². The van der Waals surface area contributed by atoms with Gasteiger partial charge in [-0.05, 0) is 48.9 Å². The molecule has 0 bridgehead atoms. The van der Waals surface area contributed by atoms with Gasteiger partial charge in [0.2, 0.25) is 5.91 Å². The molecule has 0 unspecified atom stereocenters. The maximum Gasteiger partial charge on any atom is 0.224 e. The van der Waals surface area contributed by atoms with Gasteiger partial charge < -0.3 is 19.5 Å². The highest BCUT2D eigenvalue weighted by Gasteiger charge is 2.49. The average Bonchev–Trinajstić information content (AvgIpc) is 2.78. The highest BCUT2D eigenvalue weighted by molar-refractivity contribution is 5.79. The van der Waals surface area contributed by atoms with Crippen LogP contribution in [0.15, 0.2) is 48.5 Å². The fraction of sp³-hybridized carbons (Fsp3) is 0.519. The molecule has 1 saturated carbocycles. The number of carbonyl (C=O) groups is 1. The van der Waals surface area contributed by atoms with Crippen LogP contribution in [0.4, 0.5) is 0 Å². The second kappa shape index (κ2) is 9.53. The van der Waals surface area contributed by atoms with Crippen LogP contribution in [0.2, 0.25) is 0 Å². The smallest absolute Gasteiger partial charge is 0.224 e. The van der Waals surface area contributed by atoms with Gasteiger partial charge in [0.1, 0.15) is 0 Å². The molecule has 4 rings (SSSR count). The van der Waals surface area contributed by atoms with E-state index in [9.17, 15) is 4.79 Å². The zero-order valence-corrected chi connectivity index (χ0v) is 19.6. The van der Waals surface area contributed by atoms with Crippen molar-refractivity contribution in [2.45, 2.75) is 63.7 Å². The van der Waals surface area contributed by atoms with E-state index < -0.39 is 0 Å². The molecule has 2 aromatic carbocycles. The Morgan fingerprint density at radius 1 is 1.09 bits per heavy atom. The minimum Gasteiger partial charge on any atom is -0.493 e. The molecule has 2 aliphatic rings. The van der Waals surface area contributed by atoms with Crippen LogP contribution in [0.3, 0.4) is 0 Å². The Morgan fingerprint density at radius 2 is 1.84 bits per heavy atom. The van der Waals surface area contributed by atoms with Gasteiger partial charge in [-0.25, -0.2) is 0 Å². The molecule has 1 N–H and O–H groups in total. The molecule has 172 valence electrons. The summed E-state index contributed by atoms with van der Waals surface area (Å²) < 4.78 is 17.6. The van der Waals surface area contributed by atoms with E-state index >= 15 is 0 Å². The summed E-state index contributed by atoms with van der Waals surface area (Å²) in [6.45, 7) is 4.50. The van der Waals surface area contributed by atoms with Crippen molar-refractivity contribution < 1.29 is 19.0 Å². The lowest BCUT2D eigenvalue weighted by Crippen LogP contribution is -2.60. The number of methoxy groups -OCH3 is 2. The molecule has 5 heteroatoms. The molecule has 5 nitrogen and oxygen atoms in total. The van der Waals surface area contributed by atoms with Crippen LogP contribution >= 0.6 is 0 Å². The van der Waals surface area contributed by atoms with Crippen LogP contribution in [0.1, 0.15) is 56.8 Å². The number of carbonyl (C=O) groups excluding carboxylic acids is 1. The molecule has 1 heterocycles. The van der Waals surface area contributed by atoms with Crippen LogP contribution in [-0.4, -0.2) is 31.8 Å². The van der Waals surface area contributed by atoms with Gasteiger partial charge in [-0.2, -0.15) is 0 Å². The molecular weight excluding hydrogens is 402 g/mol. The zero-order chi connectivity index (χ0) is 22.7. The lowest BCUT2D eigenvalue weighted by Gasteiger charge is -2.52. The predicted molar refractivity (Wildman–Crippen MR) is 125 cm³/mol. The van der Waals surface area contributed by atoms with Gasteiger partial charge in [0, 0.05) is 17.9 Å². The second-order valence-corrected chi connectivity index (χ2v) is 9.63. The molecular formula is C27H35NO4. The van der Waals surface area contributed by atoms with Crippen molar-refractivity contribution in [1.82, 2.24) is 5.32 Å². The summed E-state index contributed by atoms with van der Waals surface area (Å²) in [5.74, 6) is 2.42. The summed E-state index contributed by atoms with van der Waals surface area (Å²) in [4.78, 5) is 13.1. The van der Waals surface area contributed by atoms with Gasteiger partial charge in [-0.15, -0.1) is 0 Å². The van der Waals surface area contributed by atoms with E-state index in [0.29, 0.717) is 29.8 Å². The van der Waals surface area contributed by atoms with Crippen LogP contribution in [0.25, 0.3) is 0 Å². The number of benzene rings is 2. The fourth-order valence-corrected chi connectivity index (χ4v) is 5.54. The van der Waals surface area contributed by atoms with E-state index in [1.54, 1.807) is 14.2 Å². The maximum absolute atomic E-state index is 13.1. The first-order valence-electron chi connectivity index (χ1n) is 11.6. The average molecular weight is 438 g/mol. The summed E-state index contributed by atoms with van der Waals surface area (Å²) in [5.41, 5.74) is 1.76. The van der Waals surface area contributed by atoms with Crippen molar-refractivity contribution in [3.63, 3.8) is 0 Å². The third-order valence-electron chi connectivity index (χ3n) is 7.23. The van der Waals surface area contributed by atoms with E-state index in [2.05, 4.69) is 19.2 Å². The Labute approximate surface area is 191 Å². The Hall–Kier alpha value is -2.53. The molecule has 5 atom stereocenters. The van der Waals surface area contributed by atoms with E-state index in [4.69, 9.17) is 14.2 Å². The summed E-state index contributed by atoms with van der Waals surface area (Å²) in [7, 11) is 3.29. The van der Waals surface area contributed by atoms with Gasteiger partial charge in [0.15, 0.2) is 11.5 Å². The molecule has 1 amide bonds.